The molecule has 1 heterocycles. The van der Waals surface area contributed by atoms with Crippen LogP contribution in [0.1, 0.15) is 18.4 Å². The summed E-state index contributed by atoms with van der Waals surface area (Å²) in [5, 5.41) is 3.72. The highest BCUT2D eigenvalue weighted by molar-refractivity contribution is 7.89. The molecule has 9 heteroatoms. The molecule has 0 saturated carbocycles. The number of aryl methyl sites for hydroxylation is 1. The molecule has 1 amide bonds. The van der Waals surface area contributed by atoms with Gasteiger partial charge in [-0.2, -0.15) is 4.31 Å². The molecule has 0 aromatic heterocycles. The second kappa shape index (κ2) is 9.34. The largest absolute Gasteiger partial charge is 0.482 e. The fourth-order valence-corrected chi connectivity index (χ4v) is 4.90. The van der Waals surface area contributed by atoms with Crippen LogP contribution in [0.15, 0.2) is 47.4 Å². The summed E-state index contributed by atoms with van der Waals surface area (Å²) in [4.78, 5) is 12.5. The molecular formula is C20H22Cl2N2O4S. The van der Waals surface area contributed by atoms with Gasteiger partial charge < -0.3 is 10.1 Å². The third-order valence-electron chi connectivity index (χ3n) is 4.73. The fraction of sp³-hybridized carbons (Fsp3) is 0.350. The Balaban J connectivity index is 1.49. The Bertz CT molecular complexity index is 972. The maximum absolute atomic E-state index is 12.7. The molecule has 0 radical (unpaired) electrons. The number of benzene rings is 2. The molecule has 0 aliphatic carbocycles. The highest BCUT2D eigenvalue weighted by atomic mass is 35.5. The van der Waals surface area contributed by atoms with E-state index in [1.807, 2.05) is 6.92 Å². The van der Waals surface area contributed by atoms with Crippen LogP contribution in [-0.2, 0) is 14.8 Å². The molecule has 0 atom stereocenters. The van der Waals surface area contributed by atoms with Crippen molar-refractivity contribution in [2.24, 2.45) is 0 Å². The lowest BCUT2D eigenvalue weighted by Crippen LogP contribution is -2.47. The van der Waals surface area contributed by atoms with Gasteiger partial charge in [-0.05, 0) is 44.0 Å². The summed E-state index contributed by atoms with van der Waals surface area (Å²) in [6.45, 7) is 2.42. The Labute approximate surface area is 180 Å². The Kier molecular flexibility index (Phi) is 7.05. The van der Waals surface area contributed by atoms with E-state index < -0.39 is 10.0 Å². The lowest BCUT2D eigenvalue weighted by molar-refractivity contribution is -0.124. The zero-order chi connectivity index (χ0) is 21.0. The van der Waals surface area contributed by atoms with Crippen molar-refractivity contribution >= 4 is 39.1 Å². The van der Waals surface area contributed by atoms with E-state index in [2.05, 4.69) is 5.32 Å². The van der Waals surface area contributed by atoms with Gasteiger partial charge in [-0.3, -0.25) is 4.79 Å². The first-order valence-corrected chi connectivity index (χ1v) is 11.4. The highest BCUT2D eigenvalue weighted by Crippen LogP contribution is 2.27. The maximum Gasteiger partial charge on any atom is 0.258 e. The molecule has 3 rings (SSSR count). The second-order valence-electron chi connectivity index (χ2n) is 6.92. The number of carbonyl (C=O) groups is 1. The van der Waals surface area contributed by atoms with E-state index in [4.69, 9.17) is 27.9 Å². The van der Waals surface area contributed by atoms with Crippen molar-refractivity contribution in [2.45, 2.75) is 30.7 Å². The van der Waals surface area contributed by atoms with Gasteiger partial charge in [0.1, 0.15) is 5.75 Å². The molecule has 0 spiro atoms. The van der Waals surface area contributed by atoms with E-state index in [-0.39, 0.29) is 23.5 Å². The first kappa shape index (κ1) is 21.9. The van der Waals surface area contributed by atoms with Crippen LogP contribution < -0.4 is 10.1 Å². The molecule has 1 aliphatic heterocycles. The third-order valence-corrected chi connectivity index (χ3v) is 7.19. The fourth-order valence-electron chi connectivity index (χ4n) is 3.10. The molecule has 156 valence electrons. The minimum Gasteiger partial charge on any atom is -0.482 e. The van der Waals surface area contributed by atoms with Gasteiger partial charge in [0.25, 0.3) is 5.91 Å². The molecule has 1 fully saturated rings. The highest BCUT2D eigenvalue weighted by Gasteiger charge is 2.29. The van der Waals surface area contributed by atoms with Crippen LogP contribution in [0.3, 0.4) is 0 Å². The summed E-state index contributed by atoms with van der Waals surface area (Å²) >= 11 is 11.9. The van der Waals surface area contributed by atoms with Crippen molar-refractivity contribution in [2.75, 3.05) is 19.7 Å². The topological polar surface area (TPSA) is 75.7 Å². The van der Waals surface area contributed by atoms with Crippen LogP contribution in [0.2, 0.25) is 10.0 Å². The molecule has 2 aromatic rings. The Morgan fingerprint density at radius 2 is 1.79 bits per heavy atom. The summed E-state index contributed by atoms with van der Waals surface area (Å²) in [6.07, 6.45) is 1.07. The summed E-state index contributed by atoms with van der Waals surface area (Å²) in [6, 6.07) is 11.5. The van der Waals surface area contributed by atoms with Crippen LogP contribution in [0.25, 0.3) is 0 Å². The van der Waals surface area contributed by atoms with E-state index in [0.29, 0.717) is 41.7 Å². The molecule has 0 unspecified atom stereocenters. The number of piperidine rings is 1. The van der Waals surface area contributed by atoms with Crippen molar-refractivity contribution in [3.05, 3.63) is 58.1 Å². The summed E-state index contributed by atoms with van der Waals surface area (Å²) < 4.78 is 32.4. The monoisotopic (exact) mass is 456 g/mol. The number of hydrogen-bond donors (Lipinski definition) is 1. The zero-order valence-electron chi connectivity index (χ0n) is 15.9. The molecule has 1 saturated heterocycles. The van der Waals surface area contributed by atoms with Crippen molar-refractivity contribution in [1.29, 1.82) is 0 Å². The predicted molar refractivity (Wildman–Crippen MR) is 113 cm³/mol. The van der Waals surface area contributed by atoms with E-state index in [1.165, 1.54) is 4.31 Å². The van der Waals surface area contributed by atoms with Gasteiger partial charge in [0.2, 0.25) is 10.0 Å². The van der Waals surface area contributed by atoms with Crippen LogP contribution in [-0.4, -0.2) is 44.4 Å². The van der Waals surface area contributed by atoms with Crippen molar-refractivity contribution in [3.8, 4) is 5.75 Å². The number of halogens is 2. The van der Waals surface area contributed by atoms with E-state index in [1.54, 1.807) is 42.5 Å². The van der Waals surface area contributed by atoms with E-state index >= 15 is 0 Å². The lowest BCUT2D eigenvalue weighted by Gasteiger charge is -2.31. The smallest absolute Gasteiger partial charge is 0.258 e. The number of amides is 1. The summed E-state index contributed by atoms with van der Waals surface area (Å²) in [7, 11) is -3.52. The van der Waals surface area contributed by atoms with Gasteiger partial charge in [0, 0.05) is 30.2 Å². The average molecular weight is 457 g/mol. The first-order chi connectivity index (χ1) is 13.8. The molecule has 6 nitrogen and oxygen atoms in total. The van der Waals surface area contributed by atoms with Gasteiger partial charge in [-0.25, -0.2) is 8.42 Å². The van der Waals surface area contributed by atoms with Crippen LogP contribution in [0, 0.1) is 6.92 Å². The van der Waals surface area contributed by atoms with Crippen LogP contribution >= 0.6 is 23.2 Å². The third kappa shape index (κ3) is 5.63. The van der Waals surface area contributed by atoms with E-state index in [0.717, 1.165) is 5.56 Å². The van der Waals surface area contributed by atoms with Crippen molar-refractivity contribution in [1.82, 2.24) is 9.62 Å². The minimum atomic E-state index is -3.52. The van der Waals surface area contributed by atoms with Crippen LogP contribution in [0.4, 0.5) is 0 Å². The molecule has 1 N–H and O–H groups in total. The normalized spacial score (nSPS) is 15.8. The number of sulfonamides is 1. The predicted octanol–water partition coefficient (Wildman–Crippen LogP) is 3.65. The van der Waals surface area contributed by atoms with Gasteiger partial charge in [0.05, 0.1) is 9.92 Å². The van der Waals surface area contributed by atoms with Crippen LogP contribution in [0.5, 0.6) is 5.75 Å². The molecular weight excluding hydrogens is 435 g/mol. The Hall–Kier alpha value is -1.80. The minimum absolute atomic E-state index is 0.106. The number of rotatable bonds is 6. The summed E-state index contributed by atoms with van der Waals surface area (Å²) in [5.74, 6) is 0.0502. The van der Waals surface area contributed by atoms with Gasteiger partial charge >= 0.3 is 0 Å². The second-order valence-corrected chi connectivity index (χ2v) is 9.70. The Morgan fingerprint density at radius 1 is 1.14 bits per heavy atom. The van der Waals surface area contributed by atoms with Gasteiger partial charge in [-0.15, -0.1) is 0 Å². The quantitative estimate of drug-likeness (QED) is 0.719. The first-order valence-electron chi connectivity index (χ1n) is 9.20. The summed E-state index contributed by atoms with van der Waals surface area (Å²) in [5.41, 5.74) is 1.01. The van der Waals surface area contributed by atoms with E-state index in [9.17, 15) is 13.2 Å². The van der Waals surface area contributed by atoms with Crippen molar-refractivity contribution in [3.63, 3.8) is 0 Å². The van der Waals surface area contributed by atoms with Gasteiger partial charge in [0.15, 0.2) is 6.61 Å². The van der Waals surface area contributed by atoms with Gasteiger partial charge in [-0.1, -0.05) is 40.9 Å². The molecule has 0 bridgehead atoms. The number of nitrogens with zero attached hydrogens (tertiary/aromatic N) is 1. The Morgan fingerprint density at radius 3 is 2.45 bits per heavy atom. The lowest BCUT2D eigenvalue weighted by atomic mass is 10.1. The maximum atomic E-state index is 12.7. The number of nitrogens with one attached hydrogen (secondary N) is 1. The zero-order valence-corrected chi connectivity index (χ0v) is 18.2. The molecule has 2 aromatic carbocycles. The number of carbonyl (C=O) groups excluding carboxylic acids is 1. The standard InChI is InChI=1S/C20H22Cl2N2O4S/c1-14-2-5-17(6-3-14)29(26,27)24-10-8-16(9-11-24)23-20(25)13-28-19-12-15(21)4-7-18(19)22/h2-7,12,16H,8-11,13H2,1H3,(H,23,25). The van der Waals surface area contributed by atoms with Crippen molar-refractivity contribution < 1.29 is 17.9 Å². The SMILES string of the molecule is Cc1ccc(S(=O)(=O)N2CCC(NC(=O)COc3cc(Cl)ccc3Cl)CC2)cc1. The number of ether oxygens (including phenoxy) is 1. The molecule has 29 heavy (non-hydrogen) atoms. The molecule has 1 aliphatic rings. The number of hydrogen-bond acceptors (Lipinski definition) is 4. The average Bonchev–Trinajstić information content (AvgIpc) is 2.69.